The van der Waals surface area contributed by atoms with Gasteiger partial charge in [0.15, 0.2) is 0 Å². The van der Waals surface area contributed by atoms with Crippen LogP contribution in [0.4, 0.5) is 0 Å². The van der Waals surface area contributed by atoms with Gasteiger partial charge < -0.3 is 0 Å². The molecule has 1 atom stereocenters. The van der Waals surface area contributed by atoms with E-state index in [-0.39, 0.29) is 16.7 Å². The van der Waals surface area contributed by atoms with Crippen LogP contribution in [-0.2, 0) is 17.3 Å². The first-order chi connectivity index (χ1) is 22.5. The molecule has 47 heavy (non-hydrogen) atoms. The van der Waals surface area contributed by atoms with Crippen LogP contribution in [0, 0.1) is 0 Å². The minimum absolute atomic E-state index is 0.0270. The van der Waals surface area contributed by atoms with Crippen molar-refractivity contribution in [2.45, 2.75) is 84.5 Å². The van der Waals surface area contributed by atoms with Gasteiger partial charge in [0.2, 0.25) is 0 Å². The summed E-state index contributed by atoms with van der Waals surface area (Å²) >= 11 is 0. The molecule has 2 aliphatic rings. The Morgan fingerprint density at radius 1 is 0.638 bits per heavy atom. The van der Waals surface area contributed by atoms with Crippen molar-refractivity contribution >= 4 is 27.6 Å². The minimum atomic E-state index is 0.0270. The van der Waals surface area contributed by atoms with Gasteiger partial charge in [-0.05, 0) is 112 Å². The molecular weight excluding hydrogens is 565 g/mol. The predicted molar refractivity (Wildman–Crippen MR) is 204 cm³/mol. The zero-order valence-corrected chi connectivity index (χ0v) is 29.1. The van der Waals surface area contributed by atoms with E-state index in [0.29, 0.717) is 0 Å². The molecule has 0 spiro atoms. The second-order valence-electron chi connectivity index (χ2n) is 16.0. The highest BCUT2D eigenvalue weighted by atomic mass is 14.4. The van der Waals surface area contributed by atoms with Crippen LogP contribution in [0.2, 0.25) is 0 Å². The average Bonchev–Trinajstić information content (AvgIpc) is 3.60. The van der Waals surface area contributed by atoms with E-state index in [1.165, 1.54) is 71.6 Å². The molecule has 0 bridgehead atoms. The monoisotopic (exact) mass is 610 g/mol. The van der Waals surface area contributed by atoms with E-state index in [9.17, 15) is 0 Å². The molecule has 0 amide bonds. The van der Waals surface area contributed by atoms with Crippen molar-refractivity contribution in [1.82, 2.24) is 0 Å². The molecule has 1 unspecified atom stereocenters. The minimum Gasteiger partial charge on any atom is -0.0651 e. The zero-order valence-electron chi connectivity index (χ0n) is 29.1. The number of benzene rings is 6. The highest BCUT2D eigenvalue weighted by Gasteiger charge is 2.37. The third kappa shape index (κ3) is 4.79. The summed E-state index contributed by atoms with van der Waals surface area (Å²) in [6.45, 7) is 16.5. The van der Waals surface area contributed by atoms with Crippen molar-refractivity contribution < 1.29 is 0 Å². The highest BCUT2D eigenvalue weighted by molar-refractivity contribution is 6.14. The lowest BCUT2D eigenvalue weighted by Crippen LogP contribution is -2.19. The normalized spacial score (nSPS) is 15.6. The first-order valence-electron chi connectivity index (χ1n) is 17.6. The van der Waals surface area contributed by atoms with Gasteiger partial charge in [0.1, 0.15) is 0 Å². The number of fused-ring (bicyclic) bond motifs is 6. The molecule has 6 aromatic rings. The molecule has 0 saturated heterocycles. The molecule has 0 aromatic heterocycles. The van der Waals surface area contributed by atoms with Crippen LogP contribution in [-0.4, -0.2) is 0 Å². The Morgan fingerprint density at radius 3 is 1.98 bits per heavy atom. The SMILES string of the molecule is CCCC1=Cc2c(-c3c4ccccc4cc4ccccc34)cccc2C1c1c(C(C)(C)C)ccc2c1Cc1cc(C(C)(C)C)ccc1-2. The molecule has 0 heteroatoms. The first kappa shape index (κ1) is 29.9. The van der Waals surface area contributed by atoms with Crippen molar-refractivity contribution in [2.24, 2.45) is 0 Å². The Morgan fingerprint density at radius 2 is 1.32 bits per heavy atom. The van der Waals surface area contributed by atoms with Crippen LogP contribution in [0.3, 0.4) is 0 Å². The zero-order chi connectivity index (χ0) is 32.7. The fraction of sp³-hybridized carbons (Fsp3) is 0.277. The van der Waals surface area contributed by atoms with E-state index < -0.39 is 0 Å². The lowest BCUT2D eigenvalue weighted by molar-refractivity contribution is 0.579. The van der Waals surface area contributed by atoms with Crippen molar-refractivity contribution in [3.05, 3.63) is 148 Å². The van der Waals surface area contributed by atoms with Gasteiger partial charge in [-0.25, -0.2) is 0 Å². The summed E-state index contributed by atoms with van der Waals surface area (Å²) in [7, 11) is 0. The maximum Gasteiger partial charge on any atom is 0.0314 e. The molecular formula is C47H46. The van der Waals surface area contributed by atoms with Crippen LogP contribution in [0.15, 0.2) is 109 Å². The van der Waals surface area contributed by atoms with E-state index in [0.717, 1.165) is 19.3 Å². The Kier molecular flexibility index (Phi) is 6.89. The Bertz CT molecular complexity index is 2190. The number of hydrogen-bond donors (Lipinski definition) is 0. The third-order valence-electron chi connectivity index (χ3n) is 10.8. The summed E-state index contributed by atoms with van der Waals surface area (Å²) < 4.78 is 0. The topological polar surface area (TPSA) is 0 Å². The van der Waals surface area contributed by atoms with Gasteiger partial charge in [0, 0.05) is 5.92 Å². The highest BCUT2D eigenvalue weighted by Crippen LogP contribution is 2.53. The summed E-state index contributed by atoms with van der Waals surface area (Å²) in [6.07, 6.45) is 5.83. The second kappa shape index (κ2) is 10.8. The van der Waals surface area contributed by atoms with E-state index in [4.69, 9.17) is 0 Å². The maximum absolute atomic E-state index is 2.58. The van der Waals surface area contributed by atoms with Crippen molar-refractivity contribution in [1.29, 1.82) is 0 Å². The lowest BCUT2D eigenvalue weighted by Gasteiger charge is -2.30. The van der Waals surface area contributed by atoms with Gasteiger partial charge in [-0.1, -0.05) is 164 Å². The van der Waals surface area contributed by atoms with Crippen LogP contribution >= 0.6 is 0 Å². The van der Waals surface area contributed by atoms with Gasteiger partial charge in [-0.15, -0.1) is 0 Å². The molecule has 0 aliphatic heterocycles. The van der Waals surface area contributed by atoms with Crippen molar-refractivity contribution in [3.63, 3.8) is 0 Å². The molecule has 6 aromatic carbocycles. The van der Waals surface area contributed by atoms with Crippen LogP contribution in [0.1, 0.15) is 106 Å². The standard InChI is InChI=1S/C47H46/c1-8-14-31-27-40-38(19-13-20-39(40)44-35-17-11-9-15-29(35)25-30-16-10-12-18-36(30)44)43(31)45-41-28-32-26-33(46(2,3)4)21-22-34(32)37(41)23-24-42(45)47(5,6)7/h9-13,15-27,43H,8,14,28H2,1-7H3. The molecule has 234 valence electrons. The molecule has 0 fully saturated rings. The van der Waals surface area contributed by atoms with Crippen LogP contribution in [0.5, 0.6) is 0 Å². The summed E-state index contributed by atoms with van der Waals surface area (Å²) in [5.74, 6) is 0.256. The van der Waals surface area contributed by atoms with Gasteiger partial charge in [-0.2, -0.15) is 0 Å². The van der Waals surface area contributed by atoms with E-state index in [1.54, 1.807) is 16.7 Å². The Hall–Kier alpha value is -4.42. The predicted octanol–water partition coefficient (Wildman–Crippen LogP) is 13.2. The Labute approximate surface area is 281 Å². The fourth-order valence-corrected chi connectivity index (χ4v) is 8.58. The number of allylic oxidation sites excluding steroid dienone is 1. The second-order valence-corrected chi connectivity index (χ2v) is 16.0. The summed E-state index contributed by atoms with van der Waals surface area (Å²) in [6, 6.07) is 39.5. The maximum atomic E-state index is 2.58. The van der Waals surface area contributed by atoms with Crippen LogP contribution in [0.25, 0.3) is 49.9 Å². The van der Waals surface area contributed by atoms with Crippen molar-refractivity contribution in [3.8, 4) is 22.3 Å². The third-order valence-corrected chi connectivity index (χ3v) is 10.8. The fourth-order valence-electron chi connectivity index (χ4n) is 8.58. The molecule has 0 N–H and O–H groups in total. The van der Waals surface area contributed by atoms with E-state index in [1.807, 2.05) is 0 Å². The largest absolute Gasteiger partial charge is 0.0651 e. The first-order valence-corrected chi connectivity index (χ1v) is 17.6. The van der Waals surface area contributed by atoms with Gasteiger partial charge in [0.25, 0.3) is 0 Å². The van der Waals surface area contributed by atoms with E-state index >= 15 is 0 Å². The molecule has 0 heterocycles. The van der Waals surface area contributed by atoms with E-state index in [2.05, 4.69) is 158 Å². The molecule has 8 rings (SSSR count). The molecule has 2 aliphatic carbocycles. The molecule has 0 radical (unpaired) electrons. The summed E-state index contributed by atoms with van der Waals surface area (Å²) in [4.78, 5) is 0. The average molecular weight is 611 g/mol. The quantitative estimate of drug-likeness (QED) is 0.174. The summed E-state index contributed by atoms with van der Waals surface area (Å²) in [5.41, 5.74) is 17.7. The van der Waals surface area contributed by atoms with Crippen LogP contribution < -0.4 is 0 Å². The van der Waals surface area contributed by atoms with Gasteiger partial charge in [-0.3, -0.25) is 0 Å². The van der Waals surface area contributed by atoms with Crippen molar-refractivity contribution in [2.75, 3.05) is 0 Å². The number of hydrogen-bond acceptors (Lipinski definition) is 0. The number of rotatable bonds is 4. The summed E-state index contributed by atoms with van der Waals surface area (Å²) in [5, 5.41) is 5.26. The van der Waals surface area contributed by atoms with Gasteiger partial charge in [0.05, 0.1) is 0 Å². The van der Waals surface area contributed by atoms with Gasteiger partial charge >= 0.3 is 0 Å². The molecule has 0 nitrogen and oxygen atoms in total. The lowest BCUT2D eigenvalue weighted by atomic mass is 9.73. The molecule has 0 saturated carbocycles. The smallest absolute Gasteiger partial charge is 0.0314 e. The Balaban J connectivity index is 1.39.